The van der Waals surface area contributed by atoms with E-state index in [1.807, 2.05) is 19.1 Å². The third-order valence-corrected chi connectivity index (χ3v) is 5.19. The number of aromatic hydroxyl groups is 1. The highest BCUT2D eigenvalue weighted by Crippen LogP contribution is 2.27. The summed E-state index contributed by atoms with van der Waals surface area (Å²) in [5.74, 6) is 0.0198. The van der Waals surface area contributed by atoms with Gasteiger partial charge in [0.25, 0.3) is 5.69 Å². The van der Waals surface area contributed by atoms with Crippen LogP contribution >= 0.6 is 11.6 Å². The number of rotatable bonds is 5. The average Bonchev–Trinajstić information content (AvgIpc) is 2.69. The van der Waals surface area contributed by atoms with Crippen LogP contribution in [0, 0.1) is 10.1 Å². The number of halogens is 1. The number of hydrogen-bond donors (Lipinski definition) is 2. The van der Waals surface area contributed by atoms with E-state index in [-0.39, 0.29) is 28.4 Å². The van der Waals surface area contributed by atoms with E-state index in [0.29, 0.717) is 18.8 Å². The fourth-order valence-electron chi connectivity index (χ4n) is 3.15. The van der Waals surface area contributed by atoms with Crippen LogP contribution < -0.4 is 10.2 Å². The topological polar surface area (TPSA) is 98.9 Å². The molecule has 1 aliphatic heterocycles. The van der Waals surface area contributed by atoms with Crippen LogP contribution in [-0.4, -0.2) is 53.1 Å². The van der Waals surface area contributed by atoms with Gasteiger partial charge in [-0.2, -0.15) is 0 Å². The fourth-order valence-corrected chi connectivity index (χ4v) is 3.37. The van der Waals surface area contributed by atoms with Crippen molar-refractivity contribution in [3.8, 4) is 5.75 Å². The van der Waals surface area contributed by atoms with Crippen molar-refractivity contribution in [2.75, 3.05) is 36.4 Å². The molecule has 0 aromatic heterocycles. The van der Waals surface area contributed by atoms with Gasteiger partial charge in [0, 0.05) is 44.0 Å². The summed E-state index contributed by atoms with van der Waals surface area (Å²) in [5, 5.41) is 23.1. The van der Waals surface area contributed by atoms with Crippen molar-refractivity contribution in [1.29, 1.82) is 0 Å². The fraction of sp³-hybridized carbons (Fsp3) is 0.316. The third kappa shape index (κ3) is 4.52. The molecule has 8 nitrogen and oxygen atoms in total. The van der Waals surface area contributed by atoms with Crippen LogP contribution in [0.2, 0.25) is 5.02 Å². The number of phenols is 1. The van der Waals surface area contributed by atoms with E-state index in [9.17, 15) is 20.0 Å². The van der Waals surface area contributed by atoms with Crippen molar-refractivity contribution < 1.29 is 14.8 Å². The number of nitro benzene ring substituents is 1. The zero-order valence-electron chi connectivity index (χ0n) is 15.3. The molecule has 0 bridgehead atoms. The lowest BCUT2D eigenvalue weighted by Gasteiger charge is -2.38. The Hall–Kier alpha value is -2.84. The molecule has 1 unspecified atom stereocenters. The number of nitro groups is 1. The molecule has 1 fully saturated rings. The molecule has 1 saturated heterocycles. The van der Waals surface area contributed by atoms with Crippen molar-refractivity contribution >= 4 is 34.6 Å². The summed E-state index contributed by atoms with van der Waals surface area (Å²) >= 11 is 6.05. The van der Waals surface area contributed by atoms with E-state index in [1.54, 1.807) is 12.1 Å². The summed E-state index contributed by atoms with van der Waals surface area (Å²) < 4.78 is 0. The van der Waals surface area contributed by atoms with Gasteiger partial charge in [-0.3, -0.25) is 19.8 Å². The number of nitrogens with zero attached hydrogens (tertiary/aromatic N) is 3. The van der Waals surface area contributed by atoms with Gasteiger partial charge in [0.15, 0.2) is 0 Å². The lowest BCUT2D eigenvalue weighted by atomic mass is 10.2. The molecule has 1 heterocycles. The van der Waals surface area contributed by atoms with Crippen molar-refractivity contribution in [1.82, 2.24) is 4.90 Å². The van der Waals surface area contributed by atoms with E-state index >= 15 is 0 Å². The zero-order chi connectivity index (χ0) is 20.3. The normalized spacial score (nSPS) is 15.9. The zero-order valence-corrected chi connectivity index (χ0v) is 16.1. The molecular formula is C19H21ClN4O4. The van der Waals surface area contributed by atoms with Gasteiger partial charge < -0.3 is 15.3 Å². The number of benzene rings is 2. The van der Waals surface area contributed by atoms with Gasteiger partial charge in [-0.1, -0.05) is 11.6 Å². The van der Waals surface area contributed by atoms with Crippen molar-refractivity contribution in [2.24, 2.45) is 0 Å². The Morgan fingerprint density at radius 2 is 1.82 bits per heavy atom. The Balaban J connectivity index is 1.57. The molecular weight excluding hydrogens is 384 g/mol. The van der Waals surface area contributed by atoms with Crippen LogP contribution in [0.4, 0.5) is 17.1 Å². The Labute approximate surface area is 167 Å². The van der Waals surface area contributed by atoms with Crippen LogP contribution in [0.25, 0.3) is 0 Å². The average molecular weight is 405 g/mol. The maximum absolute atomic E-state index is 12.6. The highest BCUT2D eigenvalue weighted by Gasteiger charge is 2.26. The first-order valence-corrected chi connectivity index (χ1v) is 9.26. The van der Waals surface area contributed by atoms with Crippen molar-refractivity contribution in [3.63, 3.8) is 0 Å². The molecule has 2 N–H and O–H groups in total. The van der Waals surface area contributed by atoms with Crippen molar-refractivity contribution in [3.05, 3.63) is 57.6 Å². The number of anilines is 2. The minimum absolute atomic E-state index is 0.124. The van der Waals surface area contributed by atoms with Gasteiger partial charge in [-0.15, -0.1) is 0 Å². The van der Waals surface area contributed by atoms with E-state index in [0.717, 1.165) is 18.8 Å². The lowest BCUT2D eigenvalue weighted by Crippen LogP contribution is -2.52. The molecule has 1 atom stereocenters. The largest absolute Gasteiger partial charge is 0.508 e. The molecule has 1 amide bonds. The number of piperazine rings is 1. The summed E-state index contributed by atoms with van der Waals surface area (Å²) in [6.07, 6.45) is 0. The second-order valence-electron chi connectivity index (χ2n) is 6.63. The van der Waals surface area contributed by atoms with Gasteiger partial charge >= 0.3 is 0 Å². The minimum atomic E-state index is -0.534. The smallest absolute Gasteiger partial charge is 0.271 e. The van der Waals surface area contributed by atoms with Crippen LogP contribution in [0.1, 0.15) is 6.92 Å². The van der Waals surface area contributed by atoms with Gasteiger partial charge in [-0.25, -0.2) is 0 Å². The summed E-state index contributed by atoms with van der Waals surface area (Å²) in [6, 6.07) is 10.7. The van der Waals surface area contributed by atoms with E-state index < -0.39 is 4.92 Å². The third-order valence-electron chi connectivity index (χ3n) is 4.88. The monoisotopic (exact) mass is 404 g/mol. The van der Waals surface area contributed by atoms with E-state index in [2.05, 4.69) is 15.1 Å². The van der Waals surface area contributed by atoms with E-state index in [1.165, 1.54) is 18.2 Å². The summed E-state index contributed by atoms with van der Waals surface area (Å²) in [4.78, 5) is 27.1. The lowest BCUT2D eigenvalue weighted by molar-refractivity contribution is -0.384. The second kappa shape index (κ2) is 8.45. The Kier molecular flexibility index (Phi) is 6.01. The maximum Gasteiger partial charge on any atom is 0.271 e. The predicted molar refractivity (Wildman–Crippen MR) is 108 cm³/mol. The maximum atomic E-state index is 12.6. The Bertz CT molecular complexity index is 867. The van der Waals surface area contributed by atoms with Crippen LogP contribution in [-0.2, 0) is 4.79 Å². The van der Waals surface area contributed by atoms with Crippen LogP contribution in [0.15, 0.2) is 42.5 Å². The quantitative estimate of drug-likeness (QED) is 0.586. The molecule has 0 aliphatic carbocycles. The summed E-state index contributed by atoms with van der Waals surface area (Å²) in [6.45, 7) is 4.78. The molecule has 0 spiro atoms. The van der Waals surface area contributed by atoms with Crippen LogP contribution in [0.3, 0.4) is 0 Å². The highest BCUT2D eigenvalue weighted by molar-refractivity contribution is 6.34. The molecule has 148 valence electrons. The molecule has 2 aromatic rings. The van der Waals surface area contributed by atoms with Gasteiger partial charge in [0.1, 0.15) is 5.75 Å². The number of nitrogens with one attached hydrogen (secondary N) is 1. The second-order valence-corrected chi connectivity index (χ2v) is 7.03. The minimum Gasteiger partial charge on any atom is -0.508 e. The number of phenolic OH excluding ortho intramolecular Hbond substituents is 1. The molecule has 0 radical (unpaired) electrons. The van der Waals surface area contributed by atoms with E-state index in [4.69, 9.17) is 11.6 Å². The number of carbonyl (C=O) groups is 1. The SMILES string of the molecule is CC(C(=O)Nc1ccc([N+](=O)[O-])cc1Cl)N1CCN(c2ccc(O)cc2)CC1. The van der Waals surface area contributed by atoms with Crippen molar-refractivity contribution in [2.45, 2.75) is 13.0 Å². The molecule has 0 saturated carbocycles. The Morgan fingerprint density at radius 3 is 2.39 bits per heavy atom. The number of hydrogen-bond acceptors (Lipinski definition) is 6. The standard InChI is InChI=1S/C19H21ClN4O4/c1-13(19(26)21-18-7-4-15(24(27)28)12-17(18)20)22-8-10-23(11-9-22)14-2-5-16(25)6-3-14/h2-7,12-13,25H,8-11H2,1H3,(H,21,26). The molecule has 28 heavy (non-hydrogen) atoms. The predicted octanol–water partition coefficient (Wildman–Crippen LogP) is 3.10. The number of amides is 1. The molecule has 9 heteroatoms. The number of non-ortho nitro benzene ring substituents is 1. The summed E-state index contributed by atoms with van der Waals surface area (Å²) in [7, 11) is 0. The summed E-state index contributed by atoms with van der Waals surface area (Å²) in [5.41, 5.74) is 1.26. The molecule has 2 aromatic carbocycles. The van der Waals surface area contributed by atoms with Gasteiger partial charge in [0.2, 0.25) is 5.91 Å². The highest BCUT2D eigenvalue weighted by atomic mass is 35.5. The molecule has 1 aliphatic rings. The first kappa shape index (κ1) is 19.9. The number of carbonyl (C=O) groups excluding carboxylic acids is 1. The van der Waals surface area contributed by atoms with Gasteiger partial charge in [0.05, 0.1) is 21.7 Å². The molecule has 3 rings (SSSR count). The van der Waals surface area contributed by atoms with Crippen LogP contribution in [0.5, 0.6) is 5.75 Å². The first-order chi connectivity index (χ1) is 13.3. The Morgan fingerprint density at radius 1 is 1.18 bits per heavy atom. The van der Waals surface area contributed by atoms with Gasteiger partial charge in [-0.05, 0) is 37.3 Å². The first-order valence-electron chi connectivity index (χ1n) is 8.88.